The molecule has 0 bridgehead atoms. The molecule has 2 N–H and O–H groups in total. The summed E-state index contributed by atoms with van der Waals surface area (Å²) in [5.74, 6) is -0.317. The molecule has 1 fully saturated rings. The maximum absolute atomic E-state index is 12.2. The van der Waals surface area contributed by atoms with Crippen LogP contribution in [-0.2, 0) is 19.9 Å². The molecule has 0 aliphatic carbocycles. The smallest absolute Gasteiger partial charge is 0.253 e. The number of amides is 1. The van der Waals surface area contributed by atoms with Crippen molar-refractivity contribution in [2.45, 2.75) is 16.6 Å². The van der Waals surface area contributed by atoms with E-state index in [1.807, 2.05) is 0 Å². The Morgan fingerprint density at radius 3 is 2.19 bits per heavy atom. The molecule has 0 spiro atoms. The largest absolute Gasteiger partial charge is 0.337 e. The van der Waals surface area contributed by atoms with Crippen molar-refractivity contribution in [3.63, 3.8) is 0 Å². The molecule has 116 valence electrons. The van der Waals surface area contributed by atoms with E-state index >= 15 is 0 Å². The normalized spacial score (nSPS) is 19.7. The SMILES string of the molecule is CS(=O)(=O)C1CCN(C(=O)c2ccc(S(N)(=O)=O)cc2)C1. The first-order valence-corrected chi connectivity index (χ1v) is 9.70. The molecule has 1 aromatic rings. The average Bonchev–Trinajstić information content (AvgIpc) is 2.86. The highest BCUT2D eigenvalue weighted by Gasteiger charge is 2.32. The van der Waals surface area contributed by atoms with E-state index in [-0.39, 0.29) is 17.3 Å². The average molecular weight is 332 g/mol. The minimum absolute atomic E-state index is 0.0746. The van der Waals surface area contributed by atoms with Crippen molar-refractivity contribution in [3.8, 4) is 0 Å². The first-order chi connectivity index (χ1) is 9.59. The molecule has 0 saturated carbocycles. The van der Waals surface area contributed by atoms with Gasteiger partial charge < -0.3 is 4.90 Å². The number of benzene rings is 1. The number of hydrogen-bond acceptors (Lipinski definition) is 5. The molecule has 0 aromatic heterocycles. The van der Waals surface area contributed by atoms with E-state index in [0.717, 1.165) is 6.26 Å². The van der Waals surface area contributed by atoms with Crippen molar-refractivity contribution in [1.29, 1.82) is 0 Å². The third kappa shape index (κ3) is 3.60. The number of likely N-dealkylation sites (tertiary alicyclic amines) is 1. The molecule has 1 atom stereocenters. The highest BCUT2D eigenvalue weighted by molar-refractivity contribution is 7.91. The second-order valence-electron chi connectivity index (χ2n) is 5.06. The lowest BCUT2D eigenvalue weighted by molar-refractivity contribution is 0.0793. The van der Waals surface area contributed by atoms with Gasteiger partial charge in [-0.2, -0.15) is 0 Å². The molecule has 1 aliphatic rings. The quantitative estimate of drug-likeness (QED) is 0.808. The van der Waals surface area contributed by atoms with Gasteiger partial charge in [0.15, 0.2) is 9.84 Å². The van der Waals surface area contributed by atoms with Crippen molar-refractivity contribution in [2.75, 3.05) is 19.3 Å². The monoisotopic (exact) mass is 332 g/mol. The molecule has 1 saturated heterocycles. The molecule has 1 amide bonds. The second-order valence-corrected chi connectivity index (χ2v) is 8.95. The van der Waals surface area contributed by atoms with Gasteiger partial charge in [0.05, 0.1) is 10.1 Å². The number of carbonyl (C=O) groups excluding carboxylic acids is 1. The number of primary sulfonamides is 1. The molecule has 1 heterocycles. The van der Waals surface area contributed by atoms with Gasteiger partial charge in [0.1, 0.15) is 0 Å². The number of sulfone groups is 1. The molecule has 1 aromatic carbocycles. The topological polar surface area (TPSA) is 115 Å². The van der Waals surface area contributed by atoms with E-state index in [1.165, 1.54) is 29.2 Å². The Morgan fingerprint density at radius 2 is 1.76 bits per heavy atom. The lowest BCUT2D eigenvalue weighted by Gasteiger charge is -2.16. The number of rotatable bonds is 3. The van der Waals surface area contributed by atoms with Crippen LogP contribution in [0, 0.1) is 0 Å². The van der Waals surface area contributed by atoms with Gasteiger partial charge in [-0.05, 0) is 30.7 Å². The summed E-state index contributed by atoms with van der Waals surface area (Å²) in [6, 6.07) is 5.26. The van der Waals surface area contributed by atoms with Crippen LogP contribution in [0.5, 0.6) is 0 Å². The van der Waals surface area contributed by atoms with Gasteiger partial charge in [0, 0.05) is 24.9 Å². The van der Waals surface area contributed by atoms with Crippen LogP contribution in [0.2, 0.25) is 0 Å². The Balaban J connectivity index is 2.15. The zero-order chi connectivity index (χ0) is 15.8. The lowest BCUT2D eigenvalue weighted by Crippen LogP contribution is -2.31. The fourth-order valence-electron chi connectivity index (χ4n) is 2.23. The maximum atomic E-state index is 12.2. The Morgan fingerprint density at radius 1 is 1.19 bits per heavy atom. The van der Waals surface area contributed by atoms with Crippen molar-refractivity contribution < 1.29 is 21.6 Å². The van der Waals surface area contributed by atoms with E-state index in [1.54, 1.807) is 0 Å². The standard InChI is InChI=1S/C12H16N2O5S2/c1-20(16,17)11-6-7-14(8-11)12(15)9-2-4-10(5-3-9)21(13,18)19/h2-5,11H,6-8H2,1H3,(H2,13,18,19). The van der Waals surface area contributed by atoms with Crippen LogP contribution in [0.3, 0.4) is 0 Å². The highest BCUT2D eigenvalue weighted by atomic mass is 32.2. The van der Waals surface area contributed by atoms with Gasteiger partial charge in [0.25, 0.3) is 5.91 Å². The van der Waals surface area contributed by atoms with E-state index in [2.05, 4.69) is 0 Å². The molecule has 1 unspecified atom stereocenters. The van der Waals surface area contributed by atoms with Crippen molar-refractivity contribution in [3.05, 3.63) is 29.8 Å². The number of nitrogens with two attached hydrogens (primary N) is 1. The molecule has 1 aliphatic heterocycles. The Bertz CT molecular complexity index is 753. The van der Waals surface area contributed by atoms with Gasteiger partial charge in [-0.15, -0.1) is 0 Å². The first kappa shape index (κ1) is 15.9. The number of carbonyl (C=O) groups is 1. The summed E-state index contributed by atoms with van der Waals surface area (Å²) in [4.78, 5) is 13.6. The van der Waals surface area contributed by atoms with Gasteiger partial charge in [0.2, 0.25) is 10.0 Å². The summed E-state index contributed by atoms with van der Waals surface area (Å²) in [7, 11) is -6.96. The van der Waals surface area contributed by atoms with Crippen molar-refractivity contribution >= 4 is 25.8 Å². The van der Waals surface area contributed by atoms with Crippen LogP contribution in [0.15, 0.2) is 29.2 Å². The van der Waals surface area contributed by atoms with Crippen LogP contribution in [0.1, 0.15) is 16.8 Å². The Hall–Kier alpha value is -1.45. The Labute approximate surface area is 123 Å². The summed E-state index contributed by atoms with van der Waals surface area (Å²) < 4.78 is 45.2. The first-order valence-electron chi connectivity index (χ1n) is 6.20. The van der Waals surface area contributed by atoms with Crippen LogP contribution < -0.4 is 5.14 Å². The summed E-state index contributed by atoms with van der Waals surface area (Å²) >= 11 is 0. The molecule has 21 heavy (non-hydrogen) atoms. The number of hydrogen-bond donors (Lipinski definition) is 1. The Kier molecular flexibility index (Phi) is 4.09. The highest BCUT2D eigenvalue weighted by Crippen LogP contribution is 2.19. The van der Waals surface area contributed by atoms with E-state index in [0.29, 0.717) is 18.5 Å². The third-order valence-electron chi connectivity index (χ3n) is 3.47. The molecule has 7 nitrogen and oxygen atoms in total. The van der Waals surface area contributed by atoms with Crippen molar-refractivity contribution in [2.24, 2.45) is 5.14 Å². The van der Waals surface area contributed by atoms with Crippen LogP contribution in [0.4, 0.5) is 0 Å². The third-order valence-corrected chi connectivity index (χ3v) is 5.99. The zero-order valence-electron chi connectivity index (χ0n) is 11.4. The van der Waals surface area contributed by atoms with Crippen molar-refractivity contribution in [1.82, 2.24) is 4.90 Å². The summed E-state index contributed by atoms with van der Waals surface area (Å²) in [6.07, 6.45) is 1.58. The van der Waals surface area contributed by atoms with E-state index < -0.39 is 25.1 Å². The predicted molar refractivity (Wildman–Crippen MR) is 77.0 cm³/mol. The zero-order valence-corrected chi connectivity index (χ0v) is 13.0. The van der Waals surface area contributed by atoms with Gasteiger partial charge >= 0.3 is 0 Å². The summed E-state index contributed by atoms with van der Waals surface area (Å²) in [6.45, 7) is 0.530. The fourth-order valence-corrected chi connectivity index (χ4v) is 3.73. The summed E-state index contributed by atoms with van der Waals surface area (Å²) in [5.41, 5.74) is 0.302. The minimum Gasteiger partial charge on any atom is -0.337 e. The molecular weight excluding hydrogens is 316 g/mol. The lowest BCUT2D eigenvalue weighted by atomic mass is 10.2. The second kappa shape index (κ2) is 5.39. The van der Waals surface area contributed by atoms with Crippen LogP contribution in [-0.4, -0.2) is 52.2 Å². The van der Waals surface area contributed by atoms with Crippen LogP contribution in [0.25, 0.3) is 0 Å². The fraction of sp³-hybridized carbons (Fsp3) is 0.417. The van der Waals surface area contributed by atoms with Gasteiger partial charge in [-0.1, -0.05) is 0 Å². The molecular formula is C12H16N2O5S2. The van der Waals surface area contributed by atoms with E-state index in [4.69, 9.17) is 5.14 Å². The summed E-state index contributed by atoms with van der Waals surface area (Å²) in [5, 5.41) is 4.44. The molecule has 2 rings (SSSR count). The van der Waals surface area contributed by atoms with Crippen LogP contribution >= 0.6 is 0 Å². The molecule has 9 heteroatoms. The van der Waals surface area contributed by atoms with E-state index in [9.17, 15) is 21.6 Å². The molecule has 0 radical (unpaired) electrons. The number of nitrogens with zero attached hydrogens (tertiary/aromatic N) is 1. The van der Waals surface area contributed by atoms with Gasteiger partial charge in [-0.3, -0.25) is 4.79 Å². The predicted octanol–water partition coefficient (Wildman–Crippen LogP) is -0.407. The van der Waals surface area contributed by atoms with Gasteiger partial charge in [-0.25, -0.2) is 22.0 Å². The minimum atomic E-state index is -3.80. The number of sulfonamides is 1. The maximum Gasteiger partial charge on any atom is 0.253 e.